The fraction of sp³-hybridized carbons (Fsp3) is 0. The van der Waals surface area contributed by atoms with Gasteiger partial charge in [0, 0.05) is 33.4 Å². The maximum atomic E-state index is 6.73. The summed E-state index contributed by atoms with van der Waals surface area (Å²) >= 11 is 0. The van der Waals surface area contributed by atoms with Gasteiger partial charge in [-0.1, -0.05) is 146 Å². The zero-order valence-corrected chi connectivity index (χ0v) is 28.3. The Labute approximate surface area is 301 Å². The highest BCUT2D eigenvalue weighted by Crippen LogP contribution is 2.44. The molecule has 0 saturated heterocycles. The molecule has 0 bridgehead atoms. The van der Waals surface area contributed by atoms with Crippen LogP contribution in [-0.4, -0.2) is 4.98 Å². The van der Waals surface area contributed by atoms with Gasteiger partial charge < -0.3 is 9.32 Å². The van der Waals surface area contributed by atoms with E-state index in [1.165, 1.54) is 38.4 Å². The Morgan fingerprint density at radius 3 is 1.48 bits per heavy atom. The van der Waals surface area contributed by atoms with Crippen molar-refractivity contribution in [1.29, 1.82) is 0 Å². The lowest BCUT2D eigenvalue weighted by atomic mass is 9.94. The molecule has 1 heterocycles. The molecule has 10 rings (SSSR count). The maximum Gasteiger partial charge on any atom is 0.227 e. The van der Waals surface area contributed by atoms with Crippen LogP contribution in [0.2, 0.25) is 0 Å². The van der Waals surface area contributed by atoms with Gasteiger partial charge in [-0.25, -0.2) is 4.98 Å². The summed E-state index contributed by atoms with van der Waals surface area (Å²) in [5, 5.41) is 6.84. The smallest absolute Gasteiger partial charge is 0.227 e. The first-order chi connectivity index (χ1) is 25.8. The average molecular weight is 665 g/mol. The molecule has 52 heavy (non-hydrogen) atoms. The highest BCUT2D eigenvalue weighted by atomic mass is 16.3. The molecule has 0 radical (unpaired) electrons. The zero-order valence-electron chi connectivity index (χ0n) is 28.3. The molecule has 0 spiro atoms. The Morgan fingerprint density at radius 2 is 0.865 bits per heavy atom. The van der Waals surface area contributed by atoms with E-state index < -0.39 is 0 Å². The first-order valence-corrected chi connectivity index (χ1v) is 17.6. The molecular formula is C49H32N2O. The molecule has 244 valence electrons. The fourth-order valence-corrected chi connectivity index (χ4v) is 7.54. The molecule has 0 N–H and O–H groups in total. The lowest BCUT2D eigenvalue weighted by Gasteiger charge is -2.26. The van der Waals surface area contributed by atoms with E-state index in [0.29, 0.717) is 5.89 Å². The molecule has 0 aliphatic carbocycles. The van der Waals surface area contributed by atoms with Gasteiger partial charge in [-0.3, -0.25) is 0 Å². The molecule has 0 fully saturated rings. The zero-order chi connectivity index (χ0) is 34.4. The van der Waals surface area contributed by atoms with Crippen molar-refractivity contribution >= 4 is 60.5 Å². The SMILES string of the molecule is c1ccc(-c2ccc(N(c3ccc(-c4ccccc4)cc3)c3ccc4c(c3)c3oc(-c5ccccc5)nc3c3ccc5ccccc5c43)cc2)cc1. The number of hydrogen-bond donors (Lipinski definition) is 0. The van der Waals surface area contributed by atoms with Crippen molar-refractivity contribution in [2.75, 3.05) is 4.90 Å². The number of aromatic nitrogens is 1. The van der Waals surface area contributed by atoms with E-state index in [1.807, 2.05) is 18.2 Å². The number of fused-ring (bicyclic) bond motifs is 8. The summed E-state index contributed by atoms with van der Waals surface area (Å²) in [5.74, 6) is 0.618. The van der Waals surface area contributed by atoms with Crippen LogP contribution in [0.4, 0.5) is 17.1 Å². The molecule has 0 saturated carbocycles. The van der Waals surface area contributed by atoms with Gasteiger partial charge >= 0.3 is 0 Å². The van der Waals surface area contributed by atoms with Gasteiger partial charge in [0.25, 0.3) is 0 Å². The van der Waals surface area contributed by atoms with Crippen molar-refractivity contribution in [2.45, 2.75) is 0 Å². The van der Waals surface area contributed by atoms with Crippen molar-refractivity contribution in [3.8, 4) is 33.7 Å². The fourth-order valence-electron chi connectivity index (χ4n) is 7.54. The summed E-state index contributed by atoms with van der Waals surface area (Å²) in [7, 11) is 0. The molecule has 0 aliphatic rings. The maximum absolute atomic E-state index is 6.73. The van der Waals surface area contributed by atoms with Crippen LogP contribution in [0.5, 0.6) is 0 Å². The number of rotatable bonds is 6. The van der Waals surface area contributed by atoms with Crippen molar-refractivity contribution in [1.82, 2.24) is 4.98 Å². The van der Waals surface area contributed by atoms with Gasteiger partial charge in [0.15, 0.2) is 5.58 Å². The Hall–Kier alpha value is -6.97. The van der Waals surface area contributed by atoms with Gasteiger partial charge in [0.1, 0.15) is 5.52 Å². The number of nitrogens with zero attached hydrogens (tertiary/aromatic N) is 2. The van der Waals surface area contributed by atoms with E-state index in [2.05, 4.69) is 181 Å². The van der Waals surface area contributed by atoms with Crippen LogP contribution in [0.1, 0.15) is 0 Å². The normalized spacial score (nSPS) is 11.5. The van der Waals surface area contributed by atoms with Gasteiger partial charge in [-0.15, -0.1) is 0 Å². The minimum atomic E-state index is 0.618. The van der Waals surface area contributed by atoms with Crippen LogP contribution in [0, 0.1) is 0 Å². The second-order valence-electron chi connectivity index (χ2n) is 13.2. The molecule has 0 atom stereocenters. The van der Waals surface area contributed by atoms with Gasteiger partial charge in [0.05, 0.1) is 0 Å². The first kappa shape index (κ1) is 29.9. The molecule has 0 unspecified atom stereocenters. The summed E-state index contributed by atoms with van der Waals surface area (Å²) in [6.45, 7) is 0. The Balaban J connectivity index is 1.21. The second kappa shape index (κ2) is 12.4. The number of oxazole rings is 1. The van der Waals surface area contributed by atoms with Crippen molar-refractivity contribution in [3.63, 3.8) is 0 Å². The molecular weight excluding hydrogens is 633 g/mol. The van der Waals surface area contributed by atoms with Gasteiger partial charge in [-0.2, -0.15) is 0 Å². The molecule has 0 aliphatic heterocycles. The van der Waals surface area contributed by atoms with Crippen molar-refractivity contribution < 1.29 is 4.42 Å². The Bertz CT molecular complexity index is 2780. The van der Waals surface area contributed by atoms with Crippen LogP contribution < -0.4 is 4.90 Å². The standard InChI is InChI=1S/C49H32N2O/c1-4-12-33(13-5-1)35-20-25-39(26-21-35)51(40-27-22-36(23-28-40)34-14-6-2-7-15-34)41-29-31-43-45(32-41)48-47(50-49(52-48)38-17-8-3-9-18-38)44-30-24-37-16-10-11-19-42(37)46(43)44/h1-32H. The van der Waals surface area contributed by atoms with E-state index in [-0.39, 0.29) is 0 Å². The molecule has 0 amide bonds. The summed E-state index contributed by atoms with van der Waals surface area (Å²) in [5.41, 5.74) is 10.5. The first-order valence-electron chi connectivity index (χ1n) is 17.6. The monoisotopic (exact) mass is 664 g/mol. The van der Waals surface area contributed by atoms with E-state index in [0.717, 1.165) is 49.9 Å². The van der Waals surface area contributed by atoms with Crippen LogP contribution in [0.15, 0.2) is 199 Å². The van der Waals surface area contributed by atoms with E-state index >= 15 is 0 Å². The van der Waals surface area contributed by atoms with Crippen LogP contribution >= 0.6 is 0 Å². The summed E-state index contributed by atoms with van der Waals surface area (Å²) in [6, 6.07) is 68.6. The van der Waals surface area contributed by atoms with Crippen LogP contribution in [0.3, 0.4) is 0 Å². The van der Waals surface area contributed by atoms with E-state index in [1.54, 1.807) is 0 Å². The van der Waals surface area contributed by atoms with Gasteiger partial charge in [-0.05, 0) is 92.3 Å². The van der Waals surface area contributed by atoms with Crippen molar-refractivity contribution in [2.24, 2.45) is 0 Å². The molecule has 3 nitrogen and oxygen atoms in total. The Kier molecular flexibility index (Phi) is 7.14. The molecule has 3 heteroatoms. The number of anilines is 3. The molecule has 1 aromatic heterocycles. The summed E-state index contributed by atoms with van der Waals surface area (Å²) < 4.78 is 6.73. The third-order valence-corrected chi connectivity index (χ3v) is 10.1. The van der Waals surface area contributed by atoms with Crippen LogP contribution in [-0.2, 0) is 0 Å². The summed E-state index contributed by atoms with van der Waals surface area (Å²) in [6.07, 6.45) is 0. The quantitative estimate of drug-likeness (QED) is 0.166. The number of hydrogen-bond acceptors (Lipinski definition) is 3. The highest BCUT2D eigenvalue weighted by molar-refractivity contribution is 6.30. The summed E-state index contributed by atoms with van der Waals surface area (Å²) in [4.78, 5) is 7.49. The predicted molar refractivity (Wildman–Crippen MR) is 218 cm³/mol. The second-order valence-corrected chi connectivity index (χ2v) is 13.2. The highest BCUT2D eigenvalue weighted by Gasteiger charge is 2.20. The van der Waals surface area contributed by atoms with E-state index in [9.17, 15) is 0 Å². The largest absolute Gasteiger partial charge is 0.435 e. The molecule has 10 aromatic rings. The minimum absolute atomic E-state index is 0.618. The molecule has 9 aromatic carbocycles. The average Bonchev–Trinajstić information content (AvgIpc) is 3.69. The third kappa shape index (κ3) is 5.10. The Morgan fingerprint density at radius 1 is 0.365 bits per heavy atom. The third-order valence-electron chi connectivity index (χ3n) is 10.1. The number of benzene rings is 9. The lowest BCUT2D eigenvalue weighted by Crippen LogP contribution is -2.10. The topological polar surface area (TPSA) is 29.3 Å². The predicted octanol–water partition coefficient (Wildman–Crippen LogP) is 13.8. The lowest BCUT2D eigenvalue weighted by molar-refractivity contribution is 0.623. The van der Waals surface area contributed by atoms with Crippen LogP contribution in [0.25, 0.3) is 77.1 Å². The van der Waals surface area contributed by atoms with Gasteiger partial charge in [0.2, 0.25) is 5.89 Å². The minimum Gasteiger partial charge on any atom is -0.435 e. The van der Waals surface area contributed by atoms with E-state index in [4.69, 9.17) is 9.40 Å². The van der Waals surface area contributed by atoms with Crippen molar-refractivity contribution in [3.05, 3.63) is 194 Å².